The average molecular weight is 356 g/mol. The zero-order valence-electron chi connectivity index (χ0n) is 15.9. The number of benzene rings is 1. The van der Waals surface area contributed by atoms with Crippen LogP contribution in [0.3, 0.4) is 0 Å². The lowest BCUT2D eigenvalue weighted by atomic mass is 10.0. The summed E-state index contributed by atoms with van der Waals surface area (Å²) in [5.41, 5.74) is 4.71. The average Bonchev–Trinajstić information content (AvgIpc) is 2.82. The molecule has 0 saturated heterocycles. The van der Waals surface area contributed by atoms with Gasteiger partial charge in [0, 0.05) is 57.0 Å². The molecule has 3 rings (SSSR count). The van der Waals surface area contributed by atoms with Gasteiger partial charge in [-0.1, -0.05) is 30.3 Å². The molecule has 1 amide bonds. The van der Waals surface area contributed by atoms with Crippen molar-refractivity contribution in [2.45, 2.75) is 12.8 Å². The normalized spacial score (nSPS) is 14.4. The van der Waals surface area contributed by atoms with Gasteiger partial charge in [-0.2, -0.15) is 5.10 Å². The van der Waals surface area contributed by atoms with Crippen molar-refractivity contribution in [3.05, 3.63) is 41.6 Å². The number of amides is 1. The second kappa shape index (κ2) is 8.47. The fourth-order valence-corrected chi connectivity index (χ4v) is 3.51. The Kier molecular flexibility index (Phi) is 6.06. The summed E-state index contributed by atoms with van der Waals surface area (Å²) in [7, 11) is 5.64. The molecule has 1 aromatic carbocycles. The zero-order chi connectivity index (χ0) is 18.5. The van der Waals surface area contributed by atoms with E-state index in [2.05, 4.69) is 12.1 Å². The van der Waals surface area contributed by atoms with Crippen LogP contribution < -0.4 is 0 Å². The van der Waals surface area contributed by atoms with Gasteiger partial charge in [0.15, 0.2) is 0 Å². The molecule has 1 aliphatic heterocycles. The largest absolute Gasteiger partial charge is 0.383 e. The highest BCUT2D eigenvalue weighted by Gasteiger charge is 2.24. The molecule has 0 saturated carbocycles. The summed E-state index contributed by atoms with van der Waals surface area (Å²) in [6.45, 7) is 3.33. The Labute approximate surface area is 155 Å². The van der Waals surface area contributed by atoms with Crippen molar-refractivity contribution < 1.29 is 9.53 Å². The van der Waals surface area contributed by atoms with Crippen molar-refractivity contribution in [2.24, 2.45) is 7.05 Å². The van der Waals surface area contributed by atoms with Crippen molar-refractivity contribution in [1.29, 1.82) is 0 Å². The molecular formula is C20H28N4O2. The molecule has 1 aromatic heterocycles. The first-order valence-electron chi connectivity index (χ1n) is 9.15. The van der Waals surface area contributed by atoms with Crippen molar-refractivity contribution in [3.63, 3.8) is 0 Å². The third-order valence-electron chi connectivity index (χ3n) is 5.01. The van der Waals surface area contributed by atoms with Crippen LogP contribution in [0.25, 0.3) is 11.3 Å². The zero-order valence-corrected chi connectivity index (χ0v) is 15.9. The third kappa shape index (κ3) is 4.14. The first kappa shape index (κ1) is 18.6. The van der Waals surface area contributed by atoms with Gasteiger partial charge >= 0.3 is 0 Å². The molecule has 26 heavy (non-hydrogen) atoms. The molecule has 0 spiro atoms. The number of nitrogens with zero attached hydrogens (tertiary/aromatic N) is 4. The number of aromatic nitrogens is 2. The Bertz CT molecular complexity index is 742. The molecule has 6 heteroatoms. The number of carbonyl (C=O) groups is 1. The second-order valence-corrected chi connectivity index (χ2v) is 6.87. The maximum Gasteiger partial charge on any atom is 0.236 e. The lowest BCUT2D eigenvalue weighted by molar-refractivity contribution is -0.132. The number of rotatable bonds is 6. The predicted molar refractivity (Wildman–Crippen MR) is 102 cm³/mol. The van der Waals surface area contributed by atoms with E-state index in [0.29, 0.717) is 13.2 Å². The molecule has 0 radical (unpaired) electrons. The highest BCUT2D eigenvalue weighted by Crippen LogP contribution is 2.27. The van der Waals surface area contributed by atoms with Gasteiger partial charge < -0.3 is 9.64 Å². The van der Waals surface area contributed by atoms with Crippen molar-refractivity contribution in [1.82, 2.24) is 19.6 Å². The number of fused-ring (bicyclic) bond motifs is 1. The number of hydrogen-bond donors (Lipinski definition) is 0. The van der Waals surface area contributed by atoms with E-state index in [1.54, 1.807) is 7.11 Å². The van der Waals surface area contributed by atoms with E-state index in [1.165, 1.54) is 11.3 Å². The minimum Gasteiger partial charge on any atom is -0.383 e. The minimum absolute atomic E-state index is 0.186. The van der Waals surface area contributed by atoms with Crippen LogP contribution in [0.5, 0.6) is 0 Å². The Hall–Kier alpha value is -2.18. The minimum atomic E-state index is 0.186. The second-order valence-electron chi connectivity index (χ2n) is 6.87. The van der Waals surface area contributed by atoms with Crippen LogP contribution in [0, 0.1) is 0 Å². The fourth-order valence-electron chi connectivity index (χ4n) is 3.51. The van der Waals surface area contributed by atoms with E-state index in [1.807, 2.05) is 46.8 Å². The maximum absolute atomic E-state index is 12.7. The maximum atomic E-state index is 12.7. The van der Waals surface area contributed by atoms with E-state index in [0.717, 1.165) is 43.7 Å². The van der Waals surface area contributed by atoms with E-state index >= 15 is 0 Å². The van der Waals surface area contributed by atoms with Gasteiger partial charge in [-0.25, -0.2) is 0 Å². The molecule has 1 aliphatic rings. The summed E-state index contributed by atoms with van der Waals surface area (Å²) >= 11 is 0. The molecule has 0 unspecified atom stereocenters. The fraction of sp³-hybridized carbons (Fsp3) is 0.500. The van der Waals surface area contributed by atoms with Crippen LogP contribution in [0.1, 0.15) is 11.3 Å². The first-order valence-corrected chi connectivity index (χ1v) is 9.15. The summed E-state index contributed by atoms with van der Waals surface area (Å²) in [6.07, 6.45) is 1.69. The third-order valence-corrected chi connectivity index (χ3v) is 5.01. The summed E-state index contributed by atoms with van der Waals surface area (Å²) in [5.74, 6) is 0.186. The standard InChI is InChI=1S/C20H28N4O2/c1-22(13-14-26-3)15-19(25)24-11-9-17-18(10-12-24)23(2)21-20(17)16-7-5-4-6-8-16/h4-8H,9-15H2,1-3H3. The Morgan fingerprint density at radius 2 is 1.96 bits per heavy atom. The van der Waals surface area contributed by atoms with Crippen LogP contribution in [-0.2, 0) is 29.4 Å². The van der Waals surface area contributed by atoms with Crippen molar-refractivity contribution in [2.75, 3.05) is 46.9 Å². The molecule has 2 aromatic rings. The van der Waals surface area contributed by atoms with E-state index < -0.39 is 0 Å². The summed E-state index contributed by atoms with van der Waals surface area (Å²) in [5, 5.41) is 4.75. The van der Waals surface area contributed by atoms with Crippen molar-refractivity contribution >= 4 is 5.91 Å². The highest BCUT2D eigenvalue weighted by molar-refractivity contribution is 5.78. The molecule has 0 fully saturated rings. The molecule has 0 N–H and O–H groups in total. The molecule has 0 bridgehead atoms. The Morgan fingerprint density at radius 3 is 2.69 bits per heavy atom. The number of likely N-dealkylation sites (N-methyl/N-ethyl adjacent to an activating group) is 1. The van der Waals surface area contributed by atoms with Gasteiger partial charge in [0.25, 0.3) is 0 Å². The van der Waals surface area contributed by atoms with E-state index in [-0.39, 0.29) is 5.91 Å². The van der Waals surface area contributed by atoms with Gasteiger partial charge in [-0.15, -0.1) is 0 Å². The van der Waals surface area contributed by atoms with Gasteiger partial charge in [0.05, 0.1) is 18.8 Å². The molecular weight excluding hydrogens is 328 g/mol. The first-order chi connectivity index (χ1) is 12.6. The monoisotopic (exact) mass is 356 g/mol. The molecule has 0 atom stereocenters. The smallest absolute Gasteiger partial charge is 0.236 e. The molecule has 6 nitrogen and oxygen atoms in total. The Morgan fingerprint density at radius 1 is 1.23 bits per heavy atom. The predicted octanol–water partition coefficient (Wildman–Crippen LogP) is 1.59. The summed E-state index contributed by atoms with van der Waals surface area (Å²) in [6, 6.07) is 10.3. The van der Waals surface area contributed by atoms with Gasteiger partial charge in [0.1, 0.15) is 0 Å². The number of ether oxygens (including phenoxy) is 1. The quantitative estimate of drug-likeness (QED) is 0.789. The molecule has 140 valence electrons. The van der Waals surface area contributed by atoms with Crippen molar-refractivity contribution in [3.8, 4) is 11.3 Å². The van der Waals surface area contributed by atoms with E-state index in [4.69, 9.17) is 9.84 Å². The molecule has 2 heterocycles. The van der Waals surface area contributed by atoms with Gasteiger partial charge in [-0.05, 0) is 13.5 Å². The van der Waals surface area contributed by atoms with Crippen LogP contribution in [-0.4, -0.2) is 72.4 Å². The van der Waals surface area contributed by atoms with E-state index in [9.17, 15) is 4.79 Å². The lowest BCUT2D eigenvalue weighted by Crippen LogP contribution is -2.41. The SMILES string of the molecule is COCCN(C)CC(=O)N1CCc2c(-c3ccccc3)nn(C)c2CC1. The summed E-state index contributed by atoms with van der Waals surface area (Å²) in [4.78, 5) is 16.7. The summed E-state index contributed by atoms with van der Waals surface area (Å²) < 4.78 is 7.07. The number of hydrogen-bond acceptors (Lipinski definition) is 4. The number of aryl methyl sites for hydroxylation is 1. The van der Waals surface area contributed by atoms with Crippen LogP contribution in [0.2, 0.25) is 0 Å². The van der Waals surface area contributed by atoms with Crippen LogP contribution in [0.15, 0.2) is 30.3 Å². The highest BCUT2D eigenvalue weighted by atomic mass is 16.5. The Balaban J connectivity index is 1.70. The molecule has 0 aliphatic carbocycles. The van der Waals surface area contributed by atoms with Crippen LogP contribution in [0.4, 0.5) is 0 Å². The number of methoxy groups -OCH3 is 1. The number of carbonyl (C=O) groups excluding carboxylic acids is 1. The lowest BCUT2D eigenvalue weighted by Gasteiger charge is -2.24. The van der Waals surface area contributed by atoms with Gasteiger partial charge in [0.2, 0.25) is 5.91 Å². The van der Waals surface area contributed by atoms with Crippen LogP contribution >= 0.6 is 0 Å². The van der Waals surface area contributed by atoms with Gasteiger partial charge in [-0.3, -0.25) is 14.4 Å². The topological polar surface area (TPSA) is 50.6 Å².